The van der Waals surface area contributed by atoms with Crippen LogP contribution < -0.4 is 21.3 Å². The summed E-state index contributed by atoms with van der Waals surface area (Å²) < 4.78 is 0. The van der Waals surface area contributed by atoms with E-state index in [1.54, 1.807) is 0 Å². The third-order valence-corrected chi connectivity index (χ3v) is 4.64. The van der Waals surface area contributed by atoms with Crippen LogP contribution in [0.1, 0.15) is 25.7 Å². The summed E-state index contributed by atoms with van der Waals surface area (Å²) >= 11 is 0. The standard InChI is InChI=1S/C14H22N6/c15-14-18-12(17-10-1-2-10)7-13(19-14)20-6-4-11-9(8-20)3-5-16-11/h7,9-11,16H,1-6,8H2,(H3,15,17,18,19)/t9-,11+/m1/s1. The lowest BCUT2D eigenvalue weighted by molar-refractivity contribution is 0.375. The molecule has 20 heavy (non-hydrogen) atoms. The number of aromatic nitrogens is 2. The van der Waals surface area contributed by atoms with E-state index in [4.69, 9.17) is 5.73 Å². The molecule has 4 rings (SSSR count). The number of nitrogens with one attached hydrogen (secondary N) is 2. The molecule has 108 valence electrons. The summed E-state index contributed by atoms with van der Waals surface area (Å²) in [4.78, 5) is 11.1. The number of piperidine rings is 1. The number of rotatable bonds is 3. The van der Waals surface area contributed by atoms with Gasteiger partial charge in [-0.3, -0.25) is 0 Å². The number of nitrogen functional groups attached to an aromatic ring is 1. The Morgan fingerprint density at radius 3 is 3.00 bits per heavy atom. The molecular weight excluding hydrogens is 252 g/mol. The summed E-state index contributed by atoms with van der Waals surface area (Å²) in [6.07, 6.45) is 4.94. The Labute approximate surface area is 119 Å². The average molecular weight is 274 g/mol. The molecular formula is C14H22N6. The van der Waals surface area contributed by atoms with Crippen molar-refractivity contribution in [2.75, 3.05) is 35.6 Å². The highest BCUT2D eigenvalue weighted by Crippen LogP contribution is 2.30. The third kappa shape index (κ3) is 2.40. The third-order valence-electron chi connectivity index (χ3n) is 4.64. The van der Waals surface area contributed by atoms with E-state index in [2.05, 4.69) is 31.6 Å². The number of nitrogens with two attached hydrogens (primary N) is 1. The van der Waals surface area contributed by atoms with Crippen LogP contribution in [0.25, 0.3) is 0 Å². The topological polar surface area (TPSA) is 79.1 Å². The maximum Gasteiger partial charge on any atom is 0.223 e. The predicted molar refractivity (Wildman–Crippen MR) is 79.8 cm³/mol. The maximum atomic E-state index is 5.87. The molecule has 1 aromatic heterocycles. The van der Waals surface area contributed by atoms with Crippen molar-refractivity contribution >= 4 is 17.6 Å². The number of hydrogen-bond acceptors (Lipinski definition) is 6. The van der Waals surface area contributed by atoms with Crippen molar-refractivity contribution in [1.29, 1.82) is 0 Å². The second-order valence-corrected chi connectivity index (χ2v) is 6.23. The Morgan fingerprint density at radius 1 is 1.25 bits per heavy atom. The smallest absolute Gasteiger partial charge is 0.223 e. The Balaban J connectivity index is 1.53. The SMILES string of the molecule is Nc1nc(NC2CC2)cc(N2CC[C@@H]3NCC[C@@H]3C2)n1. The lowest BCUT2D eigenvalue weighted by atomic mass is 9.93. The molecule has 1 saturated carbocycles. The van der Waals surface area contributed by atoms with Crippen molar-refractivity contribution in [2.24, 2.45) is 5.92 Å². The second kappa shape index (κ2) is 4.77. The summed E-state index contributed by atoms with van der Waals surface area (Å²) in [6, 6.07) is 3.34. The fourth-order valence-corrected chi connectivity index (χ4v) is 3.38. The minimum atomic E-state index is 0.373. The first kappa shape index (κ1) is 12.2. The van der Waals surface area contributed by atoms with Crippen molar-refractivity contribution in [3.05, 3.63) is 6.07 Å². The summed E-state index contributed by atoms with van der Waals surface area (Å²) in [5.74, 6) is 2.98. The molecule has 1 aliphatic carbocycles. The highest BCUT2D eigenvalue weighted by atomic mass is 15.2. The van der Waals surface area contributed by atoms with Gasteiger partial charge in [0.1, 0.15) is 11.6 Å². The van der Waals surface area contributed by atoms with Gasteiger partial charge in [-0.2, -0.15) is 9.97 Å². The zero-order valence-corrected chi connectivity index (χ0v) is 11.7. The molecule has 0 aromatic carbocycles. The summed E-state index contributed by atoms with van der Waals surface area (Å²) in [5, 5.41) is 7.00. The fourth-order valence-electron chi connectivity index (χ4n) is 3.38. The summed E-state index contributed by atoms with van der Waals surface area (Å²) in [6.45, 7) is 3.29. The molecule has 0 unspecified atom stereocenters. The lowest BCUT2D eigenvalue weighted by Crippen LogP contribution is -2.44. The van der Waals surface area contributed by atoms with Gasteiger partial charge < -0.3 is 21.3 Å². The largest absolute Gasteiger partial charge is 0.368 e. The van der Waals surface area contributed by atoms with E-state index in [-0.39, 0.29) is 0 Å². The fraction of sp³-hybridized carbons (Fsp3) is 0.714. The minimum Gasteiger partial charge on any atom is -0.368 e. The first-order chi connectivity index (χ1) is 9.78. The van der Waals surface area contributed by atoms with E-state index >= 15 is 0 Å². The molecule has 2 atom stereocenters. The minimum absolute atomic E-state index is 0.373. The highest BCUT2D eigenvalue weighted by Gasteiger charge is 2.33. The van der Waals surface area contributed by atoms with Crippen LogP contribution in [-0.2, 0) is 0 Å². The molecule has 2 saturated heterocycles. The van der Waals surface area contributed by atoms with E-state index in [1.807, 2.05) is 0 Å². The van der Waals surface area contributed by atoms with Crippen LogP contribution in [0.4, 0.5) is 17.6 Å². The monoisotopic (exact) mass is 274 g/mol. The number of nitrogens with zero attached hydrogens (tertiary/aromatic N) is 3. The van der Waals surface area contributed by atoms with Crippen molar-refractivity contribution in [2.45, 2.75) is 37.8 Å². The second-order valence-electron chi connectivity index (χ2n) is 6.23. The van der Waals surface area contributed by atoms with Gasteiger partial charge in [0.25, 0.3) is 0 Å². The summed E-state index contributed by atoms with van der Waals surface area (Å²) in [7, 11) is 0. The molecule has 3 aliphatic rings. The Morgan fingerprint density at radius 2 is 2.15 bits per heavy atom. The number of fused-ring (bicyclic) bond motifs is 1. The van der Waals surface area contributed by atoms with Crippen LogP contribution in [0.3, 0.4) is 0 Å². The first-order valence-corrected chi connectivity index (χ1v) is 7.67. The quantitative estimate of drug-likeness (QED) is 0.757. The van der Waals surface area contributed by atoms with Gasteiger partial charge in [-0.05, 0) is 38.1 Å². The van der Waals surface area contributed by atoms with Crippen LogP contribution in [0.5, 0.6) is 0 Å². The number of anilines is 3. The molecule has 0 bridgehead atoms. The maximum absolute atomic E-state index is 5.87. The van der Waals surface area contributed by atoms with Crippen molar-refractivity contribution in [3.8, 4) is 0 Å². The molecule has 6 nitrogen and oxygen atoms in total. The molecule has 3 fully saturated rings. The van der Waals surface area contributed by atoms with Crippen molar-refractivity contribution in [3.63, 3.8) is 0 Å². The molecule has 6 heteroatoms. The van der Waals surface area contributed by atoms with Gasteiger partial charge in [0.2, 0.25) is 5.95 Å². The molecule has 2 aliphatic heterocycles. The predicted octanol–water partition coefficient (Wildman–Crippen LogP) is 0.821. The van der Waals surface area contributed by atoms with Gasteiger partial charge in [-0.1, -0.05) is 0 Å². The van der Waals surface area contributed by atoms with Crippen LogP contribution in [0.2, 0.25) is 0 Å². The lowest BCUT2D eigenvalue weighted by Gasteiger charge is -2.35. The Hall–Kier alpha value is -1.56. The zero-order valence-electron chi connectivity index (χ0n) is 11.7. The molecule has 0 spiro atoms. The first-order valence-electron chi connectivity index (χ1n) is 7.67. The van der Waals surface area contributed by atoms with Gasteiger partial charge >= 0.3 is 0 Å². The summed E-state index contributed by atoms with van der Waals surface area (Å²) in [5.41, 5.74) is 5.87. The Bertz CT molecular complexity index is 500. The van der Waals surface area contributed by atoms with Crippen molar-refractivity contribution < 1.29 is 0 Å². The Kier molecular flexibility index (Phi) is 2.91. The van der Waals surface area contributed by atoms with Gasteiger partial charge in [0.05, 0.1) is 0 Å². The molecule has 4 N–H and O–H groups in total. The van der Waals surface area contributed by atoms with E-state index in [0.717, 1.165) is 37.2 Å². The van der Waals surface area contributed by atoms with Gasteiger partial charge in [0.15, 0.2) is 0 Å². The average Bonchev–Trinajstić information content (AvgIpc) is 3.12. The zero-order chi connectivity index (χ0) is 13.5. The molecule has 0 radical (unpaired) electrons. The molecule has 0 amide bonds. The van der Waals surface area contributed by atoms with E-state index < -0.39 is 0 Å². The highest BCUT2D eigenvalue weighted by molar-refractivity contribution is 5.53. The van der Waals surface area contributed by atoms with Crippen LogP contribution in [-0.4, -0.2) is 41.7 Å². The molecule has 3 heterocycles. The normalized spacial score (nSPS) is 29.3. The van der Waals surface area contributed by atoms with E-state index in [9.17, 15) is 0 Å². The van der Waals surface area contributed by atoms with Crippen LogP contribution in [0, 0.1) is 5.92 Å². The van der Waals surface area contributed by atoms with E-state index in [0.29, 0.717) is 18.0 Å². The van der Waals surface area contributed by atoms with Gasteiger partial charge in [0, 0.05) is 31.2 Å². The number of hydrogen-bond donors (Lipinski definition) is 3. The molecule has 1 aromatic rings. The van der Waals surface area contributed by atoms with E-state index in [1.165, 1.54) is 25.7 Å². The van der Waals surface area contributed by atoms with Crippen molar-refractivity contribution in [1.82, 2.24) is 15.3 Å². The van der Waals surface area contributed by atoms with Gasteiger partial charge in [-0.15, -0.1) is 0 Å². The van der Waals surface area contributed by atoms with Crippen LogP contribution >= 0.6 is 0 Å². The van der Waals surface area contributed by atoms with Gasteiger partial charge in [-0.25, -0.2) is 0 Å². The van der Waals surface area contributed by atoms with Crippen LogP contribution in [0.15, 0.2) is 6.07 Å².